The molecule has 24 heavy (non-hydrogen) atoms. The van der Waals surface area contributed by atoms with Crippen LogP contribution in [0.1, 0.15) is 37.4 Å². The molecule has 7 heteroatoms. The van der Waals surface area contributed by atoms with Gasteiger partial charge < -0.3 is 4.74 Å². The van der Waals surface area contributed by atoms with E-state index in [0.717, 1.165) is 9.75 Å². The minimum atomic E-state index is -1.03. The van der Waals surface area contributed by atoms with Crippen molar-refractivity contribution < 1.29 is 19.1 Å². The van der Waals surface area contributed by atoms with Crippen molar-refractivity contribution in [3.63, 3.8) is 0 Å². The summed E-state index contributed by atoms with van der Waals surface area (Å²) in [6.45, 7) is 5.15. The Labute approximate surface area is 143 Å². The molecule has 0 spiro atoms. The highest BCUT2D eigenvalue weighted by molar-refractivity contribution is 7.12. The van der Waals surface area contributed by atoms with E-state index in [-0.39, 0.29) is 0 Å². The van der Waals surface area contributed by atoms with E-state index in [1.807, 2.05) is 13.8 Å². The van der Waals surface area contributed by atoms with Crippen LogP contribution in [0.5, 0.6) is 0 Å². The number of benzene rings is 1. The Balaban J connectivity index is 1.87. The quantitative estimate of drug-likeness (QED) is 0.657. The molecule has 1 aromatic carbocycles. The van der Waals surface area contributed by atoms with Crippen LogP contribution in [-0.4, -0.2) is 23.9 Å². The Kier molecular flexibility index (Phi) is 5.70. The SMILES string of the molecule is Cc1cc(C(=O)O[C@H](C)C(=O)NNC(=O)c2ccccc2)c(C)s1. The van der Waals surface area contributed by atoms with Gasteiger partial charge in [-0.05, 0) is 39.0 Å². The third-order valence-electron chi connectivity index (χ3n) is 3.25. The number of ether oxygens (including phenoxy) is 1. The second kappa shape index (κ2) is 7.74. The molecule has 0 saturated carbocycles. The minimum Gasteiger partial charge on any atom is -0.449 e. The standard InChI is InChI=1S/C17H18N2O4S/c1-10-9-14(12(3)24-10)17(22)23-11(2)15(20)18-19-16(21)13-7-5-4-6-8-13/h4-9,11H,1-3H3,(H,18,20)(H,19,21)/t11-/m1/s1. The molecule has 2 amide bonds. The van der Waals surface area contributed by atoms with Crippen LogP contribution in [-0.2, 0) is 9.53 Å². The lowest BCUT2D eigenvalue weighted by Gasteiger charge is -2.14. The highest BCUT2D eigenvalue weighted by Gasteiger charge is 2.21. The molecule has 2 N–H and O–H groups in total. The van der Waals surface area contributed by atoms with E-state index in [1.165, 1.54) is 18.3 Å². The highest BCUT2D eigenvalue weighted by atomic mass is 32.1. The average molecular weight is 346 g/mol. The molecule has 1 heterocycles. The predicted molar refractivity (Wildman–Crippen MR) is 90.7 cm³/mol. The number of aryl methyl sites for hydroxylation is 2. The molecule has 126 valence electrons. The van der Waals surface area contributed by atoms with Crippen molar-refractivity contribution in [2.45, 2.75) is 26.9 Å². The van der Waals surface area contributed by atoms with Crippen molar-refractivity contribution in [2.24, 2.45) is 0 Å². The van der Waals surface area contributed by atoms with Crippen molar-refractivity contribution in [2.75, 3.05) is 0 Å². The Morgan fingerprint density at radius 3 is 2.33 bits per heavy atom. The summed E-state index contributed by atoms with van der Waals surface area (Å²) in [7, 11) is 0. The zero-order valence-corrected chi connectivity index (χ0v) is 14.4. The van der Waals surface area contributed by atoms with Gasteiger partial charge in [-0.3, -0.25) is 20.4 Å². The first-order valence-electron chi connectivity index (χ1n) is 7.31. The van der Waals surface area contributed by atoms with Crippen LogP contribution < -0.4 is 10.9 Å². The number of hydrazine groups is 1. The highest BCUT2D eigenvalue weighted by Crippen LogP contribution is 2.21. The van der Waals surface area contributed by atoms with Crippen LogP contribution >= 0.6 is 11.3 Å². The van der Waals surface area contributed by atoms with E-state index >= 15 is 0 Å². The van der Waals surface area contributed by atoms with Gasteiger partial charge in [-0.25, -0.2) is 4.79 Å². The maximum absolute atomic E-state index is 12.1. The maximum atomic E-state index is 12.1. The Morgan fingerprint density at radius 2 is 1.75 bits per heavy atom. The summed E-state index contributed by atoms with van der Waals surface area (Å²) in [6.07, 6.45) is -1.03. The van der Waals surface area contributed by atoms with Gasteiger partial charge in [-0.1, -0.05) is 18.2 Å². The van der Waals surface area contributed by atoms with Gasteiger partial charge in [0.2, 0.25) is 0 Å². The van der Waals surface area contributed by atoms with Gasteiger partial charge in [0.15, 0.2) is 6.10 Å². The van der Waals surface area contributed by atoms with Crippen molar-refractivity contribution in [3.05, 3.63) is 57.3 Å². The number of carbonyl (C=O) groups excluding carboxylic acids is 3. The van der Waals surface area contributed by atoms with Gasteiger partial charge >= 0.3 is 5.97 Å². The summed E-state index contributed by atoms with van der Waals surface area (Å²) >= 11 is 1.49. The molecule has 6 nitrogen and oxygen atoms in total. The predicted octanol–water partition coefficient (Wildman–Crippen LogP) is 2.37. The van der Waals surface area contributed by atoms with Crippen LogP contribution in [0.4, 0.5) is 0 Å². The zero-order chi connectivity index (χ0) is 17.7. The van der Waals surface area contributed by atoms with Crippen LogP contribution in [0.2, 0.25) is 0 Å². The van der Waals surface area contributed by atoms with Crippen LogP contribution in [0.3, 0.4) is 0 Å². The molecule has 2 rings (SSSR count). The van der Waals surface area contributed by atoms with Gasteiger partial charge in [0.05, 0.1) is 5.56 Å². The second-order valence-corrected chi connectivity index (χ2v) is 6.64. The molecular weight excluding hydrogens is 328 g/mol. The zero-order valence-electron chi connectivity index (χ0n) is 13.6. The number of rotatable bonds is 4. The van der Waals surface area contributed by atoms with Gasteiger partial charge in [-0.2, -0.15) is 0 Å². The molecule has 0 saturated heterocycles. The fraction of sp³-hybridized carbons (Fsp3) is 0.235. The van der Waals surface area contributed by atoms with Crippen LogP contribution in [0.15, 0.2) is 36.4 Å². The molecule has 0 unspecified atom stereocenters. The number of esters is 1. The smallest absolute Gasteiger partial charge is 0.340 e. The van der Waals surface area contributed by atoms with Crippen molar-refractivity contribution in [1.82, 2.24) is 10.9 Å². The summed E-state index contributed by atoms with van der Waals surface area (Å²) in [5, 5.41) is 0. The number of hydrogen-bond donors (Lipinski definition) is 2. The van der Waals surface area contributed by atoms with Gasteiger partial charge in [0, 0.05) is 15.3 Å². The molecule has 1 atom stereocenters. The van der Waals surface area contributed by atoms with E-state index in [2.05, 4.69) is 10.9 Å². The fourth-order valence-corrected chi connectivity index (χ4v) is 2.90. The number of thiophene rings is 1. The van der Waals surface area contributed by atoms with E-state index in [9.17, 15) is 14.4 Å². The van der Waals surface area contributed by atoms with Crippen molar-refractivity contribution in [1.29, 1.82) is 0 Å². The first-order valence-corrected chi connectivity index (χ1v) is 8.13. The van der Waals surface area contributed by atoms with Crippen LogP contribution in [0, 0.1) is 13.8 Å². The Morgan fingerprint density at radius 1 is 1.08 bits per heavy atom. The first-order chi connectivity index (χ1) is 11.4. The number of carbonyl (C=O) groups is 3. The molecule has 1 aromatic heterocycles. The monoisotopic (exact) mass is 346 g/mol. The van der Waals surface area contributed by atoms with E-state index < -0.39 is 23.9 Å². The molecular formula is C17H18N2O4S. The number of hydrogen-bond acceptors (Lipinski definition) is 5. The molecule has 0 aliphatic carbocycles. The van der Waals surface area contributed by atoms with Gasteiger partial charge in [0.1, 0.15) is 0 Å². The lowest BCUT2D eigenvalue weighted by atomic mass is 10.2. The van der Waals surface area contributed by atoms with Crippen molar-refractivity contribution in [3.8, 4) is 0 Å². The largest absolute Gasteiger partial charge is 0.449 e. The molecule has 2 aromatic rings. The average Bonchev–Trinajstić information content (AvgIpc) is 2.91. The third-order valence-corrected chi connectivity index (χ3v) is 4.22. The fourth-order valence-electron chi connectivity index (χ4n) is 1.99. The third kappa shape index (κ3) is 4.42. The molecule has 0 radical (unpaired) electrons. The summed E-state index contributed by atoms with van der Waals surface area (Å²) in [5.74, 6) is -1.63. The number of nitrogens with one attached hydrogen (secondary N) is 2. The minimum absolute atomic E-state index is 0.409. The first kappa shape index (κ1) is 17.7. The normalized spacial score (nSPS) is 11.5. The lowest BCUT2D eigenvalue weighted by Crippen LogP contribution is -2.46. The lowest BCUT2D eigenvalue weighted by molar-refractivity contribution is -0.129. The summed E-state index contributed by atoms with van der Waals surface area (Å²) in [4.78, 5) is 37.7. The van der Waals surface area contributed by atoms with E-state index in [0.29, 0.717) is 11.1 Å². The van der Waals surface area contributed by atoms with Gasteiger partial charge in [0.25, 0.3) is 11.8 Å². The summed E-state index contributed by atoms with van der Waals surface area (Å²) < 4.78 is 5.13. The Hall–Kier alpha value is -2.67. The van der Waals surface area contributed by atoms with E-state index in [4.69, 9.17) is 4.74 Å². The summed E-state index contributed by atoms with van der Waals surface area (Å²) in [6, 6.07) is 10.2. The summed E-state index contributed by atoms with van der Waals surface area (Å²) in [5.41, 5.74) is 5.38. The molecule has 0 bridgehead atoms. The van der Waals surface area contributed by atoms with Crippen molar-refractivity contribution >= 4 is 29.1 Å². The Bertz CT molecular complexity index is 755. The maximum Gasteiger partial charge on any atom is 0.340 e. The molecule has 0 aliphatic heterocycles. The number of amides is 2. The van der Waals surface area contributed by atoms with Crippen LogP contribution in [0.25, 0.3) is 0 Å². The van der Waals surface area contributed by atoms with Gasteiger partial charge in [-0.15, -0.1) is 11.3 Å². The second-order valence-electron chi connectivity index (χ2n) is 5.18. The molecule has 0 aliphatic rings. The topological polar surface area (TPSA) is 84.5 Å². The molecule has 0 fully saturated rings. The van der Waals surface area contributed by atoms with E-state index in [1.54, 1.807) is 36.4 Å².